The minimum atomic E-state index is -0.570. The highest BCUT2D eigenvalue weighted by Gasteiger charge is 2.11. The van der Waals surface area contributed by atoms with E-state index in [4.69, 9.17) is 16.3 Å². The summed E-state index contributed by atoms with van der Waals surface area (Å²) in [6.07, 6.45) is 1.02. The predicted octanol–water partition coefficient (Wildman–Crippen LogP) is 1.45. The zero-order valence-electron chi connectivity index (χ0n) is 9.80. The second-order valence-corrected chi connectivity index (χ2v) is 4.01. The Labute approximate surface area is 109 Å². The smallest absolute Gasteiger partial charge is 0.289 e. The molecule has 0 saturated heterocycles. The first-order chi connectivity index (χ1) is 8.54. The van der Waals surface area contributed by atoms with Gasteiger partial charge in [-0.25, -0.2) is 4.98 Å². The minimum absolute atomic E-state index is 0.162. The van der Waals surface area contributed by atoms with Crippen LogP contribution in [0, 0.1) is 10.1 Å². The van der Waals surface area contributed by atoms with Gasteiger partial charge in [0.25, 0.3) is 5.69 Å². The summed E-state index contributed by atoms with van der Waals surface area (Å²) in [4.78, 5) is 13.8. The molecule has 0 fully saturated rings. The lowest BCUT2D eigenvalue weighted by Gasteiger charge is -2.11. The SMILES string of the molecule is COCC(O)CCNc1ncc([N+](=O)[O-])cc1Cl. The number of methoxy groups -OCH3 is 1. The van der Waals surface area contributed by atoms with Crippen molar-refractivity contribution in [1.29, 1.82) is 0 Å². The number of ether oxygens (including phenoxy) is 1. The molecule has 1 atom stereocenters. The van der Waals surface area contributed by atoms with Crippen molar-refractivity contribution in [3.05, 3.63) is 27.4 Å². The fraction of sp³-hybridized carbons (Fsp3) is 0.500. The van der Waals surface area contributed by atoms with E-state index in [2.05, 4.69) is 10.3 Å². The van der Waals surface area contributed by atoms with E-state index in [0.29, 0.717) is 18.8 Å². The summed E-state index contributed by atoms with van der Waals surface area (Å²) < 4.78 is 4.78. The first-order valence-corrected chi connectivity index (χ1v) is 5.63. The molecule has 1 heterocycles. The largest absolute Gasteiger partial charge is 0.391 e. The van der Waals surface area contributed by atoms with Crippen molar-refractivity contribution >= 4 is 23.1 Å². The molecular formula is C10H14ClN3O4. The second-order valence-electron chi connectivity index (χ2n) is 3.61. The molecule has 0 radical (unpaired) electrons. The van der Waals surface area contributed by atoms with Crippen LogP contribution in [0.1, 0.15) is 6.42 Å². The Morgan fingerprint density at radius 1 is 1.72 bits per heavy atom. The maximum atomic E-state index is 10.5. The number of aliphatic hydroxyl groups is 1. The number of pyridine rings is 1. The topological polar surface area (TPSA) is 97.5 Å². The average molecular weight is 276 g/mol. The molecule has 1 aromatic heterocycles. The van der Waals surface area contributed by atoms with Gasteiger partial charge in [-0.05, 0) is 6.42 Å². The number of nitro groups is 1. The van der Waals surface area contributed by atoms with Crippen LogP contribution in [-0.2, 0) is 4.74 Å². The molecule has 100 valence electrons. The van der Waals surface area contributed by atoms with Crippen LogP contribution in [0.3, 0.4) is 0 Å². The van der Waals surface area contributed by atoms with Crippen molar-refractivity contribution in [2.24, 2.45) is 0 Å². The van der Waals surface area contributed by atoms with Crippen molar-refractivity contribution in [3.8, 4) is 0 Å². The Bertz CT molecular complexity index is 416. The van der Waals surface area contributed by atoms with Gasteiger partial charge in [-0.2, -0.15) is 0 Å². The molecule has 7 nitrogen and oxygen atoms in total. The number of nitrogens with one attached hydrogen (secondary N) is 1. The van der Waals surface area contributed by atoms with E-state index in [1.807, 2.05) is 0 Å². The molecule has 0 bridgehead atoms. The molecule has 1 unspecified atom stereocenters. The normalized spacial score (nSPS) is 12.2. The number of halogens is 1. The van der Waals surface area contributed by atoms with Crippen LogP contribution in [-0.4, -0.2) is 41.4 Å². The quantitative estimate of drug-likeness (QED) is 0.577. The summed E-state index contributed by atoms with van der Waals surface area (Å²) in [5.41, 5.74) is -0.162. The summed E-state index contributed by atoms with van der Waals surface area (Å²) in [7, 11) is 1.51. The van der Waals surface area contributed by atoms with Gasteiger partial charge in [0.2, 0.25) is 0 Å². The zero-order chi connectivity index (χ0) is 13.5. The van der Waals surface area contributed by atoms with Crippen LogP contribution in [0.4, 0.5) is 11.5 Å². The Balaban J connectivity index is 2.50. The van der Waals surface area contributed by atoms with Gasteiger partial charge in [0, 0.05) is 19.7 Å². The van der Waals surface area contributed by atoms with Gasteiger partial charge in [-0.3, -0.25) is 10.1 Å². The van der Waals surface area contributed by atoms with Crippen LogP contribution in [0.2, 0.25) is 5.02 Å². The maximum absolute atomic E-state index is 10.5. The number of nitrogens with zero attached hydrogens (tertiary/aromatic N) is 2. The summed E-state index contributed by atoms with van der Waals surface area (Å²) in [6, 6.07) is 1.22. The fourth-order valence-electron chi connectivity index (χ4n) is 1.29. The predicted molar refractivity (Wildman–Crippen MR) is 66.9 cm³/mol. The molecule has 0 amide bonds. The van der Waals surface area contributed by atoms with E-state index in [-0.39, 0.29) is 17.3 Å². The third-order valence-electron chi connectivity index (χ3n) is 2.17. The van der Waals surface area contributed by atoms with Crippen LogP contribution in [0.25, 0.3) is 0 Å². The average Bonchev–Trinajstić information content (AvgIpc) is 2.31. The Kier molecular flexibility index (Phi) is 5.76. The highest BCUT2D eigenvalue weighted by Crippen LogP contribution is 2.23. The van der Waals surface area contributed by atoms with Gasteiger partial charge in [0.05, 0.1) is 22.7 Å². The summed E-state index contributed by atoms with van der Waals surface area (Å²) in [5, 5.41) is 22.9. The van der Waals surface area contributed by atoms with Crippen molar-refractivity contribution < 1.29 is 14.8 Å². The van der Waals surface area contributed by atoms with E-state index in [9.17, 15) is 15.2 Å². The lowest BCUT2D eigenvalue weighted by atomic mass is 10.2. The first kappa shape index (κ1) is 14.6. The van der Waals surface area contributed by atoms with E-state index in [1.165, 1.54) is 13.2 Å². The number of aromatic nitrogens is 1. The van der Waals surface area contributed by atoms with E-state index in [1.54, 1.807) is 0 Å². The summed E-state index contributed by atoms with van der Waals surface area (Å²) >= 11 is 5.83. The van der Waals surface area contributed by atoms with Gasteiger partial charge in [-0.1, -0.05) is 11.6 Å². The van der Waals surface area contributed by atoms with Gasteiger partial charge in [-0.15, -0.1) is 0 Å². The Morgan fingerprint density at radius 2 is 2.44 bits per heavy atom. The van der Waals surface area contributed by atoms with Gasteiger partial charge in [0.15, 0.2) is 0 Å². The molecule has 0 aromatic carbocycles. The third kappa shape index (κ3) is 4.44. The molecule has 18 heavy (non-hydrogen) atoms. The molecule has 0 spiro atoms. The molecule has 0 aliphatic heterocycles. The van der Waals surface area contributed by atoms with Crippen LogP contribution in [0.5, 0.6) is 0 Å². The van der Waals surface area contributed by atoms with Gasteiger partial charge < -0.3 is 15.2 Å². The lowest BCUT2D eigenvalue weighted by Crippen LogP contribution is -2.18. The highest BCUT2D eigenvalue weighted by molar-refractivity contribution is 6.33. The van der Waals surface area contributed by atoms with Gasteiger partial charge in [0.1, 0.15) is 12.0 Å². The first-order valence-electron chi connectivity index (χ1n) is 5.25. The van der Waals surface area contributed by atoms with Crippen LogP contribution >= 0.6 is 11.6 Å². The summed E-state index contributed by atoms with van der Waals surface area (Å²) in [5.74, 6) is 0.354. The van der Waals surface area contributed by atoms with Gasteiger partial charge >= 0.3 is 0 Å². The molecule has 8 heteroatoms. The number of hydrogen-bond donors (Lipinski definition) is 2. The van der Waals surface area contributed by atoms with Crippen molar-refractivity contribution in [3.63, 3.8) is 0 Å². The van der Waals surface area contributed by atoms with E-state index < -0.39 is 11.0 Å². The molecule has 1 rings (SSSR count). The number of anilines is 1. The molecule has 0 aliphatic rings. The highest BCUT2D eigenvalue weighted by atomic mass is 35.5. The second kappa shape index (κ2) is 7.10. The van der Waals surface area contributed by atoms with E-state index in [0.717, 1.165) is 6.20 Å². The van der Waals surface area contributed by atoms with Crippen molar-refractivity contribution in [2.45, 2.75) is 12.5 Å². The minimum Gasteiger partial charge on any atom is -0.391 e. The number of rotatable bonds is 7. The lowest BCUT2D eigenvalue weighted by molar-refractivity contribution is -0.385. The van der Waals surface area contributed by atoms with Crippen LogP contribution < -0.4 is 5.32 Å². The van der Waals surface area contributed by atoms with Crippen molar-refractivity contribution in [1.82, 2.24) is 4.98 Å². The molecule has 0 saturated carbocycles. The van der Waals surface area contributed by atoms with Crippen molar-refractivity contribution in [2.75, 3.05) is 25.6 Å². The number of aliphatic hydroxyl groups excluding tert-OH is 1. The van der Waals surface area contributed by atoms with Crippen LogP contribution in [0.15, 0.2) is 12.3 Å². The third-order valence-corrected chi connectivity index (χ3v) is 2.45. The molecule has 0 aliphatic carbocycles. The Hall–Kier alpha value is -1.44. The molecular weight excluding hydrogens is 262 g/mol. The summed E-state index contributed by atoms with van der Waals surface area (Å²) in [6.45, 7) is 0.693. The molecule has 2 N–H and O–H groups in total. The Morgan fingerprint density at radius 3 is 3.00 bits per heavy atom. The molecule has 1 aromatic rings. The zero-order valence-corrected chi connectivity index (χ0v) is 10.6. The number of hydrogen-bond acceptors (Lipinski definition) is 6. The maximum Gasteiger partial charge on any atom is 0.289 e. The van der Waals surface area contributed by atoms with E-state index >= 15 is 0 Å². The monoisotopic (exact) mass is 275 g/mol. The fourth-order valence-corrected chi connectivity index (χ4v) is 1.52. The standard InChI is InChI=1S/C10H14ClN3O4/c1-18-6-8(15)2-3-12-10-9(11)4-7(5-13-10)14(16)17/h4-5,8,15H,2-3,6H2,1H3,(H,12,13).